The lowest BCUT2D eigenvalue weighted by atomic mass is 10.1. The van der Waals surface area contributed by atoms with Crippen molar-refractivity contribution in [1.82, 2.24) is 9.38 Å². The van der Waals surface area contributed by atoms with E-state index in [0.29, 0.717) is 11.6 Å². The highest BCUT2D eigenvalue weighted by molar-refractivity contribution is 5.73. The summed E-state index contributed by atoms with van der Waals surface area (Å²) in [6, 6.07) is 4.06. The zero-order chi connectivity index (χ0) is 10.1. The van der Waals surface area contributed by atoms with Crippen molar-refractivity contribution in [3.63, 3.8) is 0 Å². The van der Waals surface area contributed by atoms with Gasteiger partial charge >= 0.3 is 0 Å². The van der Waals surface area contributed by atoms with Gasteiger partial charge in [-0.25, -0.2) is 4.98 Å². The minimum atomic E-state index is 0.478. The molecular weight excluding hydrogens is 176 g/mol. The van der Waals surface area contributed by atoms with Gasteiger partial charge in [-0.1, -0.05) is 13.8 Å². The topological polar surface area (TPSA) is 34.4 Å². The van der Waals surface area contributed by atoms with E-state index in [-0.39, 0.29) is 0 Å². The molecule has 0 aliphatic carbocycles. The van der Waals surface area contributed by atoms with Crippen LogP contribution in [-0.4, -0.2) is 15.7 Å². The van der Waals surface area contributed by atoms with Gasteiger partial charge in [-0.2, -0.15) is 0 Å². The van der Waals surface area contributed by atoms with E-state index in [9.17, 15) is 4.79 Å². The molecule has 0 amide bonds. The third kappa shape index (κ3) is 1.41. The van der Waals surface area contributed by atoms with E-state index >= 15 is 0 Å². The molecule has 0 fully saturated rings. The number of hydrogen-bond donors (Lipinski definition) is 0. The fraction of sp³-hybridized carbons (Fsp3) is 0.273. The van der Waals surface area contributed by atoms with Crippen molar-refractivity contribution in [2.24, 2.45) is 0 Å². The number of pyridine rings is 1. The van der Waals surface area contributed by atoms with Gasteiger partial charge < -0.3 is 4.40 Å². The lowest BCUT2D eigenvalue weighted by molar-refractivity contribution is 0.111. The second-order valence-corrected chi connectivity index (χ2v) is 3.66. The van der Waals surface area contributed by atoms with Crippen LogP contribution >= 0.6 is 0 Å². The Balaban J connectivity index is 2.59. The summed E-state index contributed by atoms with van der Waals surface area (Å²) in [5, 5.41) is 0. The molecular formula is C11H12N2O. The van der Waals surface area contributed by atoms with Crippen LogP contribution in [-0.2, 0) is 0 Å². The first kappa shape index (κ1) is 8.94. The number of imidazole rings is 1. The molecule has 0 saturated heterocycles. The minimum Gasteiger partial charge on any atom is -0.306 e. The second kappa shape index (κ2) is 3.25. The van der Waals surface area contributed by atoms with E-state index in [2.05, 4.69) is 18.8 Å². The van der Waals surface area contributed by atoms with Gasteiger partial charge in [0, 0.05) is 12.4 Å². The van der Waals surface area contributed by atoms with Gasteiger partial charge in [-0.3, -0.25) is 4.79 Å². The Hall–Kier alpha value is -1.64. The number of fused-ring (bicyclic) bond motifs is 1. The third-order valence-corrected chi connectivity index (χ3v) is 2.29. The third-order valence-electron chi connectivity index (χ3n) is 2.29. The van der Waals surface area contributed by atoms with Gasteiger partial charge in [-0.15, -0.1) is 0 Å². The molecule has 2 aromatic heterocycles. The van der Waals surface area contributed by atoms with Crippen molar-refractivity contribution in [2.75, 3.05) is 0 Å². The van der Waals surface area contributed by atoms with E-state index in [1.807, 2.05) is 22.7 Å². The van der Waals surface area contributed by atoms with Crippen LogP contribution in [0.5, 0.6) is 0 Å². The molecule has 0 radical (unpaired) electrons. The summed E-state index contributed by atoms with van der Waals surface area (Å²) in [4.78, 5) is 14.7. The Labute approximate surface area is 82.4 Å². The molecule has 2 heterocycles. The van der Waals surface area contributed by atoms with Gasteiger partial charge in [0.05, 0.1) is 0 Å². The van der Waals surface area contributed by atoms with E-state index in [1.165, 1.54) is 5.56 Å². The summed E-state index contributed by atoms with van der Waals surface area (Å²) in [6.07, 6.45) is 4.43. The molecule has 2 rings (SSSR count). The van der Waals surface area contributed by atoms with E-state index < -0.39 is 0 Å². The molecule has 2 aromatic rings. The molecule has 3 heteroatoms. The van der Waals surface area contributed by atoms with Crippen LogP contribution in [0.15, 0.2) is 24.5 Å². The van der Waals surface area contributed by atoms with Gasteiger partial charge in [0.15, 0.2) is 6.29 Å². The van der Waals surface area contributed by atoms with E-state index in [1.54, 1.807) is 6.20 Å². The first-order valence-corrected chi connectivity index (χ1v) is 4.64. The maximum Gasteiger partial charge on any atom is 0.170 e. The number of carbonyl (C=O) groups excluding carboxylic acids is 1. The van der Waals surface area contributed by atoms with Gasteiger partial charge in [0.2, 0.25) is 0 Å². The highest BCUT2D eigenvalue weighted by Crippen LogP contribution is 2.15. The zero-order valence-electron chi connectivity index (χ0n) is 8.27. The highest BCUT2D eigenvalue weighted by atomic mass is 16.1. The van der Waals surface area contributed by atoms with Crippen molar-refractivity contribution in [3.05, 3.63) is 35.8 Å². The monoisotopic (exact) mass is 188 g/mol. The largest absolute Gasteiger partial charge is 0.306 e. The fourth-order valence-corrected chi connectivity index (χ4v) is 1.43. The summed E-state index contributed by atoms with van der Waals surface area (Å²) < 4.78 is 1.86. The van der Waals surface area contributed by atoms with E-state index in [0.717, 1.165) is 11.9 Å². The average Bonchev–Trinajstić information content (AvgIpc) is 2.58. The molecule has 0 spiro atoms. The van der Waals surface area contributed by atoms with Crippen LogP contribution in [0, 0.1) is 0 Å². The Bertz CT molecular complexity index is 471. The Morgan fingerprint density at radius 2 is 2.29 bits per heavy atom. The summed E-state index contributed by atoms with van der Waals surface area (Å²) in [5.41, 5.74) is 2.55. The number of aromatic nitrogens is 2. The summed E-state index contributed by atoms with van der Waals surface area (Å²) in [5.74, 6) is 0.483. The van der Waals surface area contributed by atoms with Crippen molar-refractivity contribution in [3.8, 4) is 0 Å². The van der Waals surface area contributed by atoms with Crippen LogP contribution in [0.2, 0.25) is 0 Å². The molecule has 72 valence electrons. The summed E-state index contributed by atoms with van der Waals surface area (Å²) >= 11 is 0. The quantitative estimate of drug-likeness (QED) is 0.677. The first-order valence-electron chi connectivity index (χ1n) is 4.64. The molecule has 0 unspecified atom stereocenters. The lowest BCUT2D eigenvalue weighted by Crippen LogP contribution is -1.90. The maximum absolute atomic E-state index is 10.5. The molecule has 0 saturated carbocycles. The van der Waals surface area contributed by atoms with Crippen LogP contribution in [0.25, 0.3) is 5.65 Å². The van der Waals surface area contributed by atoms with Crippen molar-refractivity contribution in [1.29, 1.82) is 0 Å². The molecule has 0 aliphatic rings. The SMILES string of the molecule is CC(C)c1ccn2cc(C=O)nc2c1. The van der Waals surface area contributed by atoms with Gasteiger partial charge in [0.25, 0.3) is 0 Å². The Kier molecular flexibility index (Phi) is 2.08. The lowest BCUT2D eigenvalue weighted by Gasteiger charge is -2.04. The highest BCUT2D eigenvalue weighted by Gasteiger charge is 2.03. The maximum atomic E-state index is 10.5. The van der Waals surface area contributed by atoms with Crippen LogP contribution in [0.1, 0.15) is 35.8 Å². The summed E-state index contributed by atoms with van der Waals surface area (Å²) in [6.45, 7) is 4.27. The fourth-order valence-electron chi connectivity index (χ4n) is 1.43. The van der Waals surface area contributed by atoms with E-state index in [4.69, 9.17) is 0 Å². The van der Waals surface area contributed by atoms with Crippen LogP contribution in [0.4, 0.5) is 0 Å². The first-order chi connectivity index (χ1) is 6.70. The Morgan fingerprint density at radius 1 is 1.50 bits per heavy atom. The van der Waals surface area contributed by atoms with Crippen molar-refractivity contribution >= 4 is 11.9 Å². The van der Waals surface area contributed by atoms with Crippen molar-refractivity contribution in [2.45, 2.75) is 19.8 Å². The van der Waals surface area contributed by atoms with Gasteiger partial charge in [0.1, 0.15) is 11.3 Å². The molecule has 0 atom stereocenters. The number of carbonyl (C=O) groups is 1. The van der Waals surface area contributed by atoms with Crippen LogP contribution < -0.4 is 0 Å². The number of rotatable bonds is 2. The molecule has 14 heavy (non-hydrogen) atoms. The zero-order valence-corrected chi connectivity index (χ0v) is 8.27. The molecule has 3 nitrogen and oxygen atoms in total. The average molecular weight is 188 g/mol. The molecule has 0 bridgehead atoms. The second-order valence-electron chi connectivity index (χ2n) is 3.66. The van der Waals surface area contributed by atoms with Crippen molar-refractivity contribution < 1.29 is 4.79 Å². The summed E-state index contributed by atoms with van der Waals surface area (Å²) in [7, 11) is 0. The normalized spacial score (nSPS) is 11.1. The predicted molar refractivity (Wildman–Crippen MR) is 54.7 cm³/mol. The standard InChI is InChI=1S/C11H12N2O/c1-8(2)9-3-4-13-6-10(7-14)12-11(13)5-9/h3-8H,1-2H3. The molecule has 0 N–H and O–H groups in total. The smallest absolute Gasteiger partial charge is 0.170 e. The predicted octanol–water partition coefficient (Wildman–Crippen LogP) is 2.27. The van der Waals surface area contributed by atoms with Gasteiger partial charge in [-0.05, 0) is 23.6 Å². The van der Waals surface area contributed by atoms with Crippen LogP contribution in [0.3, 0.4) is 0 Å². The Morgan fingerprint density at radius 3 is 2.93 bits per heavy atom. The molecule has 0 aliphatic heterocycles. The minimum absolute atomic E-state index is 0.478. The number of nitrogens with zero attached hydrogens (tertiary/aromatic N) is 2. The number of aldehydes is 1. The number of hydrogen-bond acceptors (Lipinski definition) is 2. The molecule has 0 aromatic carbocycles.